The zero-order valence-corrected chi connectivity index (χ0v) is 18.0. The molecule has 0 radical (unpaired) electrons. The Balaban J connectivity index is 1.55. The molecule has 1 N–H and O–H groups in total. The van der Waals surface area contributed by atoms with E-state index >= 15 is 0 Å². The van der Waals surface area contributed by atoms with Crippen molar-refractivity contribution < 1.29 is 0 Å². The van der Waals surface area contributed by atoms with Crippen molar-refractivity contribution in [3.8, 4) is 0 Å². The average molecular weight is 420 g/mol. The van der Waals surface area contributed by atoms with E-state index < -0.39 is 0 Å². The van der Waals surface area contributed by atoms with E-state index in [4.69, 9.17) is 0 Å². The molecule has 142 valence electrons. The van der Waals surface area contributed by atoms with Crippen LogP contribution in [0.1, 0.15) is 23.4 Å². The topological polar surface area (TPSA) is 15.8 Å². The van der Waals surface area contributed by atoms with Gasteiger partial charge in [0.2, 0.25) is 0 Å². The van der Waals surface area contributed by atoms with Gasteiger partial charge in [-0.25, -0.2) is 0 Å². The van der Waals surface area contributed by atoms with Gasteiger partial charge in [-0.05, 0) is 29.0 Å². The quantitative estimate of drug-likeness (QED) is 0.273. The van der Waals surface area contributed by atoms with Crippen LogP contribution in [0.4, 0.5) is 0 Å². The first kappa shape index (κ1) is 16.0. The van der Waals surface area contributed by atoms with Gasteiger partial charge in [-0.2, -0.15) is 0 Å². The molecule has 3 heterocycles. The van der Waals surface area contributed by atoms with Gasteiger partial charge in [0.25, 0.3) is 0 Å². The highest BCUT2D eigenvalue weighted by Gasteiger charge is 2.46. The number of nitrogens with one attached hydrogen (secondary N) is 1. The summed E-state index contributed by atoms with van der Waals surface area (Å²) >= 11 is 3.95. The minimum Gasteiger partial charge on any atom is -0.357 e. The summed E-state index contributed by atoms with van der Waals surface area (Å²) in [5, 5.41) is 8.75. The molecule has 1 aliphatic heterocycles. The van der Waals surface area contributed by atoms with Crippen LogP contribution in [0.3, 0.4) is 0 Å². The molecule has 6 aromatic rings. The molecule has 2 unspecified atom stereocenters. The lowest BCUT2D eigenvalue weighted by Crippen LogP contribution is -2.29. The van der Waals surface area contributed by atoms with E-state index in [0.717, 1.165) is 0 Å². The number of thioether (sulfide) groups is 1. The van der Waals surface area contributed by atoms with Crippen LogP contribution < -0.4 is 5.22 Å². The summed E-state index contributed by atoms with van der Waals surface area (Å²) in [5.74, 6) is 0. The molecule has 1 aliphatic carbocycles. The average Bonchev–Trinajstić information content (AvgIpc) is 3.42. The number of aromatic nitrogens is 1. The molecule has 0 amide bonds. The van der Waals surface area contributed by atoms with Crippen LogP contribution in [-0.2, 0) is 5.41 Å². The van der Waals surface area contributed by atoms with Crippen LogP contribution in [0.2, 0.25) is 0 Å². The van der Waals surface area contributed by atoms with Gasteiger partial charge < -0.3 is 4.98 Å². The number of hydrogen-bond donors (Lipinski definition) is 1. The van der Waals surface area contributed by atoms with Gasteiger partial charge in [0.1, 0.15) is 0 Å². The minimum atomic E-state index is 0.0242. The molecule has 0 saturated heterocycles. The van der Waals surface area contributed by atoms with Crippen molar-refractivity contribution in [3.63, 3.8) is 0 Å². The molecule has 1 nitrogen and oxygen atoms in total. The lowest BCUT2D eigenvalue weighted by atomic mass is 9.74. The number of H-pyrrole nitrogens is 1. The summed E-state index contributed by atoms with van der Waals surface area (Å²) in [6, 6.07) is 24.8. The molecular weight excluding hydrogens is 402 g/mol. The second-order valence-corrected chi connectivity index (χ2v) is 11.0. The predicted octanol–water partition coefficient (Wildman–Crippen LogP) is 7.31. The summed E-state index contributed by atoms with van der Waals surface area (Å²) in [6.45, 7) is 2.41. The normalized spacial score (nSPS) is 22.1. The summed E-state index contributed by atoms with van der Waals surface area (Å²) < 4.78 is 2.78. The smallest absolute Gasteiger partial charge is 0.0631 e. The number of benzene rings is 4. The molecule has 8 rings (SSSR count). The lowest BCUT2D eigenvalue weighted by molar-refractivity contribution is 0.611. The maximum Gasteiger partial charge on any atom is 0.0631 e. The van der Waals surface area contributed by atoms with E-state index in [-0.39, 0.29) is 5.41 Å². The fraction of sp³-hybridized carbons (Fsp3) is 0.111. The molecule has 4 aromatic carbocycles. The van der Waals surface area contributed by atoms with E-state index in [1.807, 2.05) is 23.1 Å². The number of hydrogen-bond acceptors (Lipinski definition) is 2. The van der Waals surface area contributed by atoms with E-state index in [2.05, 4.69) is 84.7 Å². The Morgan fingerprint density at radius 3 is 2.70 bits per heavy atom. The maximum atomic E-state index is 3.91. The highest BCUT2D eigenvalue weighted by molar-refractivity contribution is 8.00. The third kappa shape index (κ3) is 1.71. The first-order valence-electron chi connectivity index (χ1n) is 10.4. The summed E-state index contributed by atoms with van der Waals surface area (Å²) in [5.41, 5.74) is 4.17. The fourth-order valence-electron chi connectivity index (χ4n) is 5.87. The van der Waals surface area contributed by atoms with Crippen LogP contribution in [0.5, 0.6) is 0 Å². The van der Waals surface area contributed by atoms with Crippen molar-refractivity contribution in [2.45, 2.75) is 22.5 Å². The number of fused-ring (bicyclic) bond motifs is 8. The van der Waals surface area contributed by atoms with Crippen LogP contribution >= 0.6 is 23.1 Å². The number of thiophene rings is 1. The van der Waals surface area contributed by atoms with Gasteiger partial charge in [-0.3, -0.25) is 0 Å². The lowest BCUT2D eigenvalue weighted by Gasteiger charge is -2.31. The van der Waals surface area contributed by atoms with Gasteiger partial charge in [0.05, 0.1) is 5.25 Å². The molecule has 2 aromatic heterocycles. The largest absolute Gasteiger partial charge is 0.357 e. The summed E-state index contributed by atoms with van der Waals surface area (Å²) in [7, 11) is 0. The molecule has 3 heteroatoms. The molecule has 0 spiro atoms. The SMILES string of the molecule is CC12C=c3ccc4c5sc6ccccc6c5cc5[nH]c(c3c54)C1Sc1ccccc12. The number of rotatable bonds is 0. The van der Waals surface area contributed by atoms with E-state index in [9.17, 15) is 0 Å². The minimum absolute atomic E-state index is 0.0242. The van der Waals surface area contributed by atoms with Gasteiger partial charge >= 0.3 is 0 Å². The molecule has 0 fully saturated rings. The second-order valence-electron chi connectivity index (χ2n) is 8.81. The first-order chi connectivity index (χ1) is 14.7. The standard InChI is InChI=1S/C27H17NS2/c1-27-13-14-10-11-16-23-19(12-17-15-6-2-4-8-20(15)29-25(16)17)28-24(22(14)23)26(27)30-21-9-5-3-7-18(21)27/h2-13,26,28H,1H3. The Morgan fingerprint density at radius 1 is 0.867 bits per heavy atom. The number of aromatic amines is 1. The molecule has 2 atom stereocenters. The Hall–Kier alpha value is -2.75. The third-order valence-electron chi connectivity index (χ3n) is 7.19. The Bertz CT molecular complexity index is 1750. The second kappa shape index (κ2) is 5.11. The maximum absolute atomic E-state index is 3.91. The zero-order valence-electron chi connectivity index (χ0n) is 16.3. The molecule has 0 saturated carbocycles. The van der Waals surface area contributed by atoms with Gasteiger partial charge in [0, 0.05) is 57.9 Å². The highest BCUT2D eigenvalue weighted by Crippen LogP contribution is 2.61. The van der Waals surface area contributed by atoms with Crippen molar-refractivity contribution in [2.75, 3.05) is 0 Å². The van der Waals surface area contributed by atoms with Crippen LogP contribution in [-0.4, -0.2) is 4.98 Å². The van der Waals surface area contributed by atoms with Crippen molar-refractivity contribution in [1.29, 1.82) is 0 Å². The van der Waals surface area contributed by atoms with Crippen molar-refractivity contribution >= 4 is 71.0 Å². The van der Waals surface area contributed by atoms with Gasteiger partial charge in [-0.1, -0.05) is 61.5 Å². The molecule has 0 bridgehead atoms. The van der Waals surface area contributed by atoms with Crippen LogP contribution in [0.15, 0.2) is 71.6 Å². The van der Waals surface area contributed by atoms with E-state index in [1.165, 1.54) is 63.2 Å². The third-order valence-corrected chi connectivity index (χ3v) is 9.98. The first-order valence-corrected chi connectivity index (χ1v) is 12.1. The van der Waals surface area contributed by atoms with Crippen LogP contribution in [0, 0.1) is 0 Å². The molecular formula is C27H17NS2. The van der Waals surface area contributed by atoms with Gasteiger partial charge in [-0.15, -0.1) is 23.1 Å². The van der Waals surface area contributed by atoms with Crippen molar-refractivity contribution in [2.24, 2.45) is 0 Å². The van der Waals surface area contributed by atoms with Crippen molar-refractivity contribution in [1.82, 2.24) is 4.98 Å². The predicted molar refractivity (Wildman–Crippen MR) is 131 cm³/mol. The van der Waals surface area contributed by atoms with Crippen molar-refractivity contribution in [3.05, 3.63) is 83.2 Å². The Morgan fingerprint density at radius 2 is 1.73 bits per heavy atom. The Kier molecular flexibility index (Phi) is 2.72. The Labute approximate surface area is 181 Å². The highest BCUT2D eigenvalue weighted by atomic mass is 32.2. The fourth-order valence-corrected chi connectivity index (χ4v) is 8.64. The summed E-state index contributed by atoms with van der Waals surface area (Å²) in [4.78, 5) is 5.33. The van der Waals surface area contributed by atoms with Gasteiger partial charge in [0.15, 0.2) is 0 Å². The van der Waals surface area contributed by atoms with Crippen LogP contribution in [0.25, 0.3) is 47.9 Å². The molecule has 2 aliphatic rings. The molecule has 30 heavy (non-hydrogen) atoms. The van der Waals surface area contributed by atoms with E-state index in [1.54, 1.807) is 0 Å². The monoisotopic (exact) mass is 419 g/mol. The zero-order chi connectivity index (χ0) is 19.6. The van der Waals surface area contributed by atoms with E-state index in [0.29, 0.717) is 5.25 Å². The summed E-state index contributed by atoms with van der Waals surface area (Å²) in [6.07, 6.45) is 2.53.